The molecule has 4 aliphatic heterocycles. The Hall–Kier alpha value is -12.1. The molecule has 696 valence electrons. The normalized spacial score (nSPS) is 16.0. The fourth-order valence-electron chi connectivity index (χ4n) is 15.4. The van der Waals surface area contributed by atoms with Crippen LogP contribution in [-0.2, 0) is 18.9 Å². The molecule has 0 aliphatic carbocycles. The van der Waals surface area contributed by atoms with E-state index in [0.717, 1.165) is 47.7 Å². The molecule has 3 unspecified atom stereocenters. The number of nitrogens with zero attached hydrogens (tertiary/aromatic N) is 18. The van der Waals surface area contributed by atoms with Crippen LogP contribution in [0, 0.1) is 66.4 Å². The Balaban J connectivity index is 0.000000217. The van der Waals surface area contributed by atoms with E-state index < -0.39 is 64.7 Å². The van der Waals surface area contributed by atoms with Gasteiger partial charge in [-0.15, -0.1) is 0 Å². The molecule has 4 fully saturated rings. The quantitative estimate of drug-likeness (QED) is 0.0275. The fourth-order valence-corrected chi connectivity index (χ4v) is 16.2. The number of nitrogens with two attached hydrogens (primary N) is 2. The van der Waals surface area contributed by atoms with Gasteiger partial charge in [-0.3, -0.25) is 34.3 Å². The standard InChI is InChI=1S/C31H30ClFN8O2.C25H25Cl2N7O2.C16H14Cl2N4O2.C12H17BFNO2.C6H11N3.3CH4/c1-5-24(42)40-14-13-39(16-19(40)9-11-34)29-20-15-21(32)27(25-22(33)7-6-8-23(25)35)37-30(20)41(31(43)38-29)28-18(4)10-12-36-26(28)17(2)3;1-5-19(35)33-11-10-32(13-16(33)6-8-28)23-17-12-18(26)22(27)30-24(17)34(25(36)31-23)21-15(4)7-9-29-20(21)14(2)3;1-7(2)11-12(8(3)4-5-19-11)22-14-9(15(23)21-16(22)24)6-10(17)13(18)20-14;1-11(2)12(3,4)17-13(16-11)10-8(14)6-5-7-9(10)15;7-2-1-6-5-8-3-4-9-6;;;/h5-8,10,12,15,17,19H,1,9,13-14,16,35H2,2-4H3;5,7,9,12,14,16H,1,6,10-11,13H2,2-4H3;4-7H,1-3H3,(H,21,23,24);5-7H,15H2,1-4H3;6,8-9H,1,3-5H2;3*1H4. The maximum absolute atomic E-state index is 15.1. The highest BCUT2D eigenvalue weighted by molar-refractivity contribution is 6.64. The zero-order chi connectivity index (χ0) is 94.1. The lowest BCUT2D eigenvalue weighted by molar-refractivity contribution is -0.129. The summed E-state index contributed by atoms with van der Waals surface area (Å²) in [6.45, 7) is 37.2. The molecule has 132 heavy (non-hydrogen) atoms. The number of carbonyl (C=O) groups is 2. The number of anilines is 4. The van der Waals surface area contributed by atoms with Crippen LogP contribution in [0.15, 0.2) is 136 Å². The van der Waals surface area contributed by atoms with Gasteiger partial charge in [0, 0.05) is 100 Å². The summed E-state index contributed by atoms with van der Waals surface area (Å²) in [5, 5.41) is 35.3. The van der Waals surface area contributed by atoms with Crippen molar-refractivity contribution in [1.29, 1.82) is 15.8 Å². The third kappa shape index (κ3) is 22.4. The Morgan fingerprint density at radius 2 is 0.977 bits per heavy atom. The summed E-state index contributed by atoms with van der Waals surface area (Å²) < 4.78 is 44.6. The van der Waals surface area contributed by atoms with Gasteiger partial charge in [0.25, 0.3) is 5.56 Å². The number of hydrogen-bond donors (Lipinski definition) is 5. The third-order valence-corrected chi connectivity index (χ3v) is 24.2. The van der Waals surface area contributed by atoms with Crippen molar-refractivity contribution in [1.82, 2.24) is 79.0 Å². The molecule has 0 radical (unpaired) electrons. The number of nitriles is 3. The van der Waals surface area contributed by atoms with E-state index in [-0.39, 0.29) is 142 Å². The van der Waals surface area contributed by atoms with Crippen LogP contribution in [0.3, 0.4) is 0 Å². The molecule has 2 amide bonds. The smallest absolute Gasteiger partial charge is 0.399 e. The summed E-state index contributed by atoms with van der Waals surface area (Å²) in [7, 11) is -0.749. The number of hydrogen-bond acceptors (Lipinski definition) is 25. The van der Waals surface area contributed by atoms with Crippen molar-refractivity contribution in [2.75, 3.05) is 80.2 Å². The molecule has 7 N–H and O–H groups in total. The van der Waals surface area contributed by atoms with Crippen molar-refractivity contribution in [3.05, 3.63) is 229 Å². The first-order valence-electron chi connectivity index (χ1n) is 41.4. The number of piperazine rings is 3. The van der Waals surface area contributed by atoms with E-state index in [9.17, 15) is 43.7 Å². The maximum atomic E-state index is 15.1. The Kier molecular flexibility index (Phi) is 35.8. The topological polar surface area (TPSA) is 415 Å². The van der Waals surface area contributed by atoms with Crippen molar-refractivity contribution in [2.24, 2.45) is 0 Å². The molecular weight excluding hydrogens is 1790 g/mol. The van der Waals surface area contributed by atoms with Gasteiger partial charge in [-0.1, -0.05) is 147 Å². The van der Waals surface area contributed by atoms with Crippen molar-refractivity contribution >= 4 is 139 Å². The van der Waals surface area contributed by atoms with E-state index >= 15 is 4.39 Å². The number of pyridine rings is 6. The van der Waals surface area contributed by atoms with Crippen LogP contribution >= 0.6 is 58.0 Å². The van der Waals surface area contributed by atoms with E-state index in [1.54, 1.807) is 70.9 Å². The molecule has 4 saturated heterocycles. The second kappa shape index (κ2) is 44.9. The van der Waals surface area contributed by atoms with Gasteiger partial charge in [-0.2, -0.15) is 25.8 Å². The minimum absolute atomic E-state index is 0. The Morgan fingerprint density at radius 3 is 1.39 bits per heavy atom. The Labute approximate surface area is 790 Å². The maximum Gasteiger partial charge on any atom is 0.499 e. The highest BCUT2D eigenvalue weighted by atomic mass is 35.5. The molecule has 9 aromatic heterocycles. The lowest BCUT2D eigenvalue weighted by atomic mass is 9.77. The SMILES string of the molecule is C.C.C.C=CC(=O)N1CCN(c2nc(=O)n(-c3c(C)ccnc3C(C)C)c3nc(-c4c(N)cccc4F)c(Cl)cc23)CC1CC#N.C=CC(=O)N1CCN(c2nc(=O)n(-c3c(C)ccnc3C(C)C)c3nc(Cl)c(Cl)cc23)CC1CC#N.CC1(C)OB(c2c(N)cccc2F)OC1(C)C.Cc1ccnc(C(C)C)c1-n1c(=O)[nH]c(=O)c2cc(Cl)c(Cl)nc21.N#CCC1CNCCN1. The van der Waals surface area contributed by atoms with E-state index in [1.165, 1.54) is 50.1 Å². The number of benzene rings is 2. The first kappa shape index (κ1) is 105. The molecule has 2 aromatic carbocycles. The highest BCUT2D eigenvalue weighted by Gasteiger charge is 2.53. The van der Waals surface area contributed by atoms with Crippen molar-refractivity contribution in [3.63, 3.8) is 0 Å². The molecule has 15 rings (SSSR count). The zero-order valence-electron chi connectivity index (χ0n) is 73.4. The van der Waals surface area contributed by atoms with Crippen LogP contribution in [0.1, 0.15) is 162 Å². The van der Waals surface area contributed by atoms with Gasteiger partial charge in [-0.25, -0.2) is 51.8 Å². The van der Waals surface area contributed by atoms with E-state index in [0.29, 0.717) is 95.1 Å². The molecule has 0 saturated carbocycles. The summed E-state index contributed by atoms with van der Waals surface area (Å²) in [6, 6.07) is 24.9. The number of H-pyrrole nitrogens is 1. The number of carbonyl (C=O) groups excluding carboxylic acids is 2. The number of amides is 2. The van der Waals surface area contributed by atoms with Gasteiger partial charge in [0.1, 0.15) is 33.6 Å². The summed E-state index contributed by atoms with van der Waals surface area (Å²) >= 11 is 31.4. The number of rotatable bonds is 15. The van der Waals surface area contributed by atoms with Crippen LogP contribution < -0.4 is 60.0 Å². The monoisotopic (exact) mass is 1900 g/mol. The van der Waals surface area contributed by atoms with Crippen LogP contribution in [0.25, 0.3) is 61.4 Å². The summed E-state index contributed by atoms with van der Waals surface area (Å²) in [5.74, 6) is -0.816. The first-order chi connectivity index (χ1) is 61.2. The van der Waals surface area contributed by atoms with Crippen LogP contribution in [0.4, 0.5) is 31.8 Å². The van der Waals surface area contributed by atoms with E-state index in [4.69, 9.17) is 89.0 Å². The Bertz CT molecular complexity index is 6510. The molecule has 0 spiro atoms. The second-order valence-electron chi connectivity index (χ2n) is 32.9. The van der Waals surface area contributed by atoms with E-state index in [2.05, 4.69) is 81.9 Å². The number of halogens is 7. The number of nitrogen functional groups attached to an aromatic ring is 2. The fraction of sp³-hybridized carbons (Fsp3) is 0.387. The number of aromatic amines is 1. The van der Waals surface area contributed by atoms with Crippen LogP contribution in [0.2, 0.25) is 25.4 Å². The number of fused-ring (bicyclic) bond motifs is 3. The lowest BCUT2D eigenvalue weighted by Crippen LogP contribution is -2.55. The second-order valence-corrected chi connectivity index (χ2v) is 34.8. The minimum atomic E-state index is -0.749. The molecule has 0 bridgehead atoms. The van der Waals surface area contributed by atoms with Gasteiger partial charge in [0.05, 0.1) is 137 Å². The first-order valence-corrected chi connectivity index (χ1v) is 43.3. The van der Waals surface area contributed by atoms with Crippen molar-refractivity contribution < 1.29 is 27.7 Å². The van der Waals surface area contributed by atoms with E-state index in [1.807, 2.05) is 106 Å². The summed E-state index contributed by atoms with van der Waals surface area (Å²) in [5.41, 5.74) is 16.4. The summed E-state index contributed by atoms with van der Waals surface area (Å²) in [4.78, 5) is 122. The average Bonchev–Trinajstić information content (AvgIpc) is 1.03. The molecule has 11 aromatic rings. The lowest BCUT2D eigenvalue weighted by Gasteiger charge is -2.41. The van der Waals surface area contributed by atoms with Crippen molar-refractivity contribution in [3.8, 4) is 46.5 Å². The zero-order valence-corrected chi connectivity index (χ0v) is 77.2. The van der Waals surface area contributed by atoms with Crippen LogP contribution in [0.5, 0.6) is 0 Å². The molecule has 4 aliphatic rings. The van der Waals surface area contributed by atoms with Gasteiger partial charge in [0.15, 0.2) is 16.9 Å². The van der Waals surface area contributed by atoms with Gasteiger partial charge >= 0.3 is 24.2 Å². The molecular formula is C93H109BCl5F2N23O8. The number of aromatic nitrogens is 12. The highest BCUT2D eigenvalue weighted by Crippen LogP contribution is 2.41. The van der Waals surface area contributed by atoms with Gasteiger partial charge in [-0.05, 0) is 156 Å². The van der Waals surface area contributed by atoms with Gasteiger partial charge < -0.3 is 51.0 Å². The van der Waals surface area contributed by atoms with Crippen LogP contribution in [-0.4, -0.2) is 176 Å². The van der Waals surface area contributed by atoms with Gasteiger partial charge in [0.2, 0.25) is 11.8 Å². The Morgan fingerprint density at radius 1 is 0.568 bits per heavy atom. The summed E-state index contributed by atoms with van der Waals surface area (Å²) in [6.07, 6.45) is 8.35. The molecule has 3 atom stereocenters. The third-order valence-electron chi connectivity index (χ3n) is 22.6. The number of aryl methyl sites for hydroxylation is 3. The largest absolute Gasteiger partial charge is 0.499 e. The molecule has 13 heterocycles. The average molecular weight is 1900 g/mol. The van der Waals surface area contributed by atoms with Crippen molar-refractivity contribution in [2.45, 2.75) is 179 Å². The number of nitrogens with one attached hydrogen (secondary N) is 3. The predicted molar refractivity (Wildman–Crippen MR) is 521 cm³/mol. The minimum Gasteiger partial charge on any atom is -0.399 e. The predicted octanol–water partition coefficient (Wildman–Crippen LogP) is 15.1. The molecule has 31 nitrogen and oxygen atoms in total. The molecule has 39 heteroatoms.